The zero-order chi connectivity index (χ0) is 15.6. The lowest BCUT2D eigenvalue weighted by Gasteiger charge is -2.29. The molecule has 1 atom stereocenters. The first kappa shape index (κ1) is 16.1. The summed E-state index contributed by atoms with van der Waals surface area (Å²) in [7, 11) is 1.99. The van der Waals surface area contributed by atoms with Gasteiger partial charge in [-0.05, 0) is 49.7 Å². The number of hydrogen-bond acceptors (Lipinski definition) is 2. The van der Waals surface area contributed by atoms with Crippen molar-refractivity contribution in [2.45, 2.75) is 19.9 Å². The van der Waals surface area contributed by atoms with Crippen molar-refractivity contribution in [3.8, 4) is 0 Å². The third kappa shape index (κ3) is 3.66. The molecule has 0 spiro atoms. The molecule has 0 aliphatic heterocycles. The first-order valence-corrected chi connectivity index (χ1v) is 7.86. The lowest BCUT2D eigenvalue weighted by Crippen LogP contribution is -2.23. The fraction of sp³-hybridized carbons (Fsp3) is 0.235. The van der Waals surface area contributed by atoms with E-state index in [2.05, 4.69) is 27.8 Å². The maximum atomic E-state index is 11.9. The van der Waals surface area contributed by atoms with E-state index >= 15 is 0 Å². The molecule has 0 heterocycles. The van der Waals surface area contributed by atoms with E-state index in [1.165, 1.54) is 0 Å². The summed E-state index contributed by atoms with van der Waals surface area (Å²) < 4.78 is 0.906. The molecule has 1 unspecified atom stereocenters. The van der Waals surface area contributed by atoms with Gasteiger partial charge in [0.2, 0.25) is 0 Å². The number of benzene rings is 2. The second-order valence-corrected chi connectivity index (χ2v) is 6.41. The fourth-order valence-electron chi connectivity index (χ4n) is 2.27. The van der Waals surface area contributed by atoms with Crippen LogP contribution in [0.4, 0.5) is 5.69 Å². The Hall–Kier alpha value is -1.32. The fourth-order valence-corrected chi connectivity index (χ4v) is 2.76. The van der Waals surface area contributed by atoms with Gasteiger partial charge in [0.15, 0.2) is 5.78 Å². The number of carbonyl (C=O) groups excluding carboxylic acids is 1. The van der Waals surface area contributed by atoms with Crippen LogP contribution in [0.25, 0.3) is 0 Å². The van der Waals surface area contributed by atoms with Gasteiger partial charge in [0.1, 0.15) is 0 Å². The Morgan fingerprint density at radius 3 is 2.38 bits per heavy atom. The highest BCUT2D eigenvalue weighted by atomic mass is 79.9. The highest BCUT2D eigenvalue weighted by molar-refractivity contribution is 9.10. The average molecular weight is 367 g/mol. The molecule has 0 aliphatic rings. The predicted octanol–water partition coefficient (Wildman–Crippen LogP) is 5.50. The van der Waals surface area contributed by atoms with E-state index in [0.29, 0.717) is 5.56 Å². The molecular formula is C17H17BrClNO. The van der Waals surface area contributed by atoms with Crippen molar-refractivity contribution in [1.82, 2.24) is 0 Å². The van der Waals surface area contributed by atoms with E-state index in [-0.39, 0.29) is 11.8 Å². The molecule has 0 aliphatic carbocycles. The maximum absolute atomic E-state index is 11.9. The van der Waals surface area contributed by atoms with E-state index in [1.54, 1.807) is 6.92 Å². The van der Waals surface area contributed by atoms with Gasteiger partial charge in [-0.1, -0.05) is 39.7 Å². The van der Waals surface area contributed by atoms with Gasteiger partial charge in [-0.2, -0.15) is 0 Å². The Morgan fingerprint density at radius 1 is 1.19 bits per heavy atom. The van der Waals surface area contributed by atoms with Crippen molar-refractivity contribution >= 4 is 39.0 Å². The summed E-state index contributed by atoms with van der Waals surface area (Å²) in [5.41, 5.74) is 2.79. The van der Waals surface area contributed by atoms with Gasteiger partial charge in [-0.3, -0.25) is 4.79 Å². The molecular weight excluding hydrogens is 350 g/mol. The van der Waals surface area contributed by atoms with Crippen molar-refractivity contribution in [1.29, 1.82) is 0 Å². The Kier molecular flexibility index (Phi) is 5.07. The number of ketones is 1. The van der Waals surface area contributed by atoms with Crippen molar-refractivity contribution in [2.24, 2.45) is 0 Å². The smallest absolute Gasteiger partial charge is 0.161 e. The second-order valence-electron chi connectivity index (χ2n) is 5.06. The van der Waals surface area contributed by atoms with Gasteiger partial charge < -0.3 is 4.90 Å². The number of halogens is 2. The van der Waals surface area contributed by atoms with Crippen molar-refractivity contribution in [3.63, 3.8) is 0 Å². The van der Waals surface area contributed by atoms with E-state index < -0.39 is 0 Å². The van der Waals surface area contributed by atoms with Crippen molar-refractivity contribution in [3.05, 3.63) is 63.1 Å². The Balaban J connectivity index is 2.37. The molecule has 4 heteroatoms. The highest BCUT2D eigenvalue weighted by Gasteiger charge is 2.17. The molecule has 2 rings (SSSR count). The molecule has 0 saturated heterocycles. The molecule has 0 saturated carbocycles. The molecule has 0 N–H and O–H groups in total. The molecule has 2 nitrogen and oxygen atoms in total. The normalized spacial score (nSPS) is 12.0. The van der Waals surface area contributed by atoms with Crippen LogP contribution in [0.2, 0.25) is 5.02 Å². The van der Waals surface area contributed by atoms with E-state index in [1.807, 2.05) is 49.5 Å². The molecule has 2 aromatic rings. The number of anilines is 1. The standard InChI is InChI=1S/C17H17BrClNO/c1-11(13-4-7-15(19)8-5-13)20(3)17-9-6-14(18)10-16(17)12(2)21/h4-11H,1-3H3. The van der Waals surface area contributed by atoms with Gasteiger partial charge in [0, 0.05) is 27.8 Å². The van der Waals surface area contributed by atoms with Crippen LogP contribution >= 0.6 is 27.5 Å². The molecule has 0 fully saturated rings. The predicted molar refractivity (Wildman–Crippen MR) is 92.4 cm³/mol. The van der Waals surface area contributed by atoms with E-state index in [9.17, 15) is 4.79 Å². The molecule has 0 radical (unpaired) electrons. The summed E-state index contributed by atoms with van der Waals surface area (Å²) in [6.45, 7) is 3.70. The summed E-state index contributed by atoms with van der Waals surface area (Å²) in [4.78, 5) is 14.0. The summed E-state index contributed by atoms with van der Waals surface area (Å²) in [6, 6.07) is 13.7. The molecule has 21 heavy (non-hydrogen) atoms. The van der Waals surface area contributed by atoms with Gasteiger partial charge >= 0.3 is 0 Å². The molecule has 110 valence electrons. The van der Waals surface area contributed by atoms with Crippen molar-refractivity contribution in [2.75, 3.05) is 11.9 Å². The van der Waals surface area contributed by atoms with E-state index in [4.69, 9.17) is 11.6 Å². The van der Waals surface area contributed by atoms with Crippen LogP contribution in [0.5, 0.6) is 0 Å². The number of carbonyl (C=O) groups is 1. The topological polar surface area (TPSA) is 20.3 Å². The largest absolute Gasteiger partial charge is 0.367 e. The first-order valence-electron chi connectivity index (χ1n) is 6.69. The minimum Gasteiger partial charge on any atom is -0.367 e. The van der Waals surface area contributed by atoms with Crippen LogP contribution in [-0.4, -0.2) is 12.8 Å². The summed E-state index contributed by atoms with van der Waals surface area (Å²) >= 11 is 9.35. The van der Waals surface area contributed by atoms with Crippen LogP contribution in [-0.2, 0) is 0 Å². The number of hydrogen-bond donors (Lipinski definition) is 0. The minimum atomic E-state index is 0.0569. The molecule has 0 bridgehead atoms. The van der Waals surface area contributed by atoms with Crippen LogP contribution in [0.1, 0.15) is 35.8 Å². The number of Topliss-reactive ketones (excluding diaryl/α,β-unsaturated/α-hetero) is 1. The quantitative estimate of drug-likeness (QED) is 0.666. The average Bonchev–Trinajstić information content (AvgIpc) is 2.46. The van der Waals surface area contributed by atoms with Crippen LogP contribution < -0.4 is 4.90 Å². The number of nitrogens with zero attached hydrogens (tertiary/aromatic N) is 1. The zero-order valence-corrected chi connectivity index (χ0v) is 14.6. The lowest BCUT2D eigenvalue weighted by atomic mass is 10.0. The maximum Gasteiger partial charge on any atom is 0.161 e. The zero-order valence-electron chi connectivity index (χ0n) is 12.2. The highest BCUT2D eigenvalue weighted by Crippen LogP contribution is 2.31. The van der Waals surface area contributed by atoms with Crippen molar-refractivity contribution < 1.29 is 4.79 Å². The molecule has 0 amide bonds. The third-order valence-corrected chi connectivity index (χ3v) is 4.40. The van der Waals surface area contributed by atoms with Crippen LogP contribution in [0.3, 0.4) is 0 Å². The van der Waals surface area contributed by atoms with E-state index in [0.717, 1.165) is 20.7 Å². The summed E-state index contributed by atoms with van der Waals surface area (Å²) in [6.07, 6.45) is 0. The van der Waals surface area contributed by atoms with Crippen LogP contribution in [0, 0.1) is 0 Å². The molecule has 0 aromatic heterocycles. The Labute approximate surface area is 138 Å². The van der Waals surface area contributed by atoms with Gasteiger partial charge in [0.25, 0.3) is 0 Å². The Morgan fingerprint density at radius 2 is 1.81 bits per heavy atom. The Bertz CT molecular complexity index is 654. The monoisotopic (exact) mass is 365 g/mol. The third-order valence-electron chi connectivity index (χ3n) is 3.65. The SMILES string of the molecule is CC(=O)c1cc(Br)ccc1N(C)C(C)c1ccc(Cl)cc1. The second kappa shape index (κ2) is 6.63. The van der Waals surface area contributed by atoms with Gasteiger partial charge in [-0.15, -0.1) is 0 Å². The lowest BCUT2D eigenvalue weighted by molar-refractivity contribution is 0.101. The minimum absolute atomic E-state index is 0.0569. The number of rotatable bonds is 4. The summed E-state index contributed by atoms with van der Waals surface area (Å²) in [5.74, 6) is 0.0569. The van der Waals surface area contributed by atoms with Crippen LogP contribution in [0.15, 0.2) is 46.9 Å². The first-order chi connectivity index (χ1) is 9.90. The van der Waals surface area contributed by atoms with Gasteiger partial charge in [-0.25, -0.2) is 0 Å². The summed E-state index contributed by atoms with van der Waals surface area (Å²) in [5, 5.41) is 0.724. The molecule has 2 aromatic carbocycles. The van der Waals surface area contributed by atoms with Gasteiger partial charge in [0.05, 0.1) is 6.04 Å².